The van der Waals surface area contributed by atoms with Gasteiger partial charge in [-0.15, -0.1) is 10.2 Å². The molecule has 0 unspecified atom stereocenters. The quantitative estimate of drug-likeness (QED) is 0.797. The van der Waals surface area contributed by atoms with Crippen molar-refractivity contribution in [3.63, 3.8) is 0 Å². The van der Waals surface area contributed by atoms with Crippen molar-refractivity contribution in [2.24, 2.45) is 0 Å². The zero-order valence-corrected chi connectivity index (χ0v) is 14.7. The van der Waals surface area contributed by atoms with Gasteiger partial charge in [-0.3, -0.25) is 0 Å². The molecular weight excluding hydrogens is 290 g/mol. The van der Waals surface area contributed by atoms with Crippen LogP contribution < -0.4 is 5.32 Å². The maximum Gasteiger partial charge on any atom is 0.134 e. The highest BCUT2D eigenvalue weighted by atomic mass is 32.1. The molecule has 2 fully saturated rings. The van der Waals surface area contributed by atoms with Crippen LogP contribution in [0.25, 0.3) is 0 Å². The van der Waals surface area contributed by atoms with E-state index in [2.05, 4.69) is 15.5 Å². The van der Waals surface area contributed by atoms with Crippen LogP contribution in [0, 0.1) is 0 Å². The monoisotopic (exact) mass is 321 g/mol. The first kappa shape index (κ1) is 16.4. The van der Waals surface area contributed by atoms with Crippen LogP contribution in [0.3, 0.4) is 0 Å². The van der Waals surface area contributed by atoms with Gasteiger partial charge in [0.25, 0.3) is 0 Å². The predicted octanol–water partition coefficient (Wildman–Crippen LogP) is 5.35. The van der Waals surface area contributed by atoms with Gasteiger partial charge in [-0.2, -0.15) is 0 Å². The lowest BCUT2D eigenvalue weighted by atomic mass is 9.93. The van der Waals surface area contributed by atoms with Gasteiger partial charge >= 0.3 is 0 Å². The molecule has 0 aromatic carbocycles. The molecule has 2 heterocycles. The summed E-state index contributed by atoms with van der Waals surface area (Å²) in [4.78, 5) is 0. The van der Waals surface area contributed by atoms with Crippen LogP contribution in [0.5, 0.6) is 0 Å². The molecule has 1 aliphatic carbocycles. The van der Waals surface area contributed by atoms with Gasteiger partial charge in [-0.25, -0.2) is 0 Å². The number of hydrogen-bond acceptors (Lipinski definition) is 4. The highest BCUT2D eigenvalue weighted by Gasteiger charge is 2.23. The third kappa shape index (κ3) is 4.76. The molecule has 4 heteroatoms. The maximum atomic E-state index is 4.58. The van der Waals surface area contributed by atoms with Gasteiger partial charge in [0, 0.05) is 5.92 Å². The summed E-state index contributed by atoms with van der Waals surface area (Å²) in [5.74, 6) is 0.673. The Balaban J connectivity index is 1.59. The number of rotatable bonds is 2. The summed E-state index contributed by atoms with van der Waals surface area (Å²) in [7, 11) is 0. The summed E-state index contributed by atoms with van der Waals surface area (Å²) in [6.45, 7) is 1.14. The Bertz CT molecular complexity index is 414. The summed E-state index contributed by atoms with van der Waals surface area (Å²) in [6, 6.07) is 0.484. The van der Waals surface area contributed by atoms with Crippen molar-refractivity contribution < 1.29 is 0 Å². The molecule has 3 nitrogen and oxygen atoms in total. The molecule has 1 atom stereocenters. The van der Waals surface area contributed by atoms with Crippen molar-refractivity contribution in [2.75, 3.05) is 6.54 Å². The molecule has 1 saturated heterocycles. The molecule has 1 aliphatic heterocycles. The van der Waals surface area contributed by atoms with Gasteiger partial charge in [0.2, 0.25) is 0 Å². The molecule has 2 aliphatic rings. The lowest BCUT2D eigenvalue weighted by Gasteiger charge is -2.15. The average Bonchev–Trinajstić information content (AvgIpc) is 3.19. The molecular formula is C18H31N3S. The van der Waals surface area contributed by atoms with Gasteiger partial charge in [0.1, 0.15) is 10.0 Å². The maximum absolute atomic E-state index is 4.58. The molecule has 1 N–H and O–H groups in total. The van der Waals surface area contributed by atoms with Crippen LogP contribution in [0.1, 0.15) is 105 Å². The Labute approximate surface area is 139 Å². The Hall–Kier alpha value is -0.480. The molecule has 1 saturated carbocycles. The highest BCUT2D eigenvalue weighted by molar-refractivity contribution is 7.11. The Morgan fingerprint density at radius 3 is 1.86 bits per heavy atom. The third-order valence-corrected chi connectivity index (χ3v) is 6.47. The lowest BCUT2D eigenvalue weighted by Crippen LogP contribution is -2.12. The smallest absolute Gasteiger partial charge is 0.134 e. The standard InChI is InChI=1S/C18H31N3S/c1-2-4-6-8-11-15(12-9-7-5-3-1)17-20-21-18(22-17)16-13-10-14-19-16/h15-16,19H,1-14H2/t16-/m0/s1. The summed E-state index contributed by atoms with van der Waals surface area (Å²) in [6.07, 6.45) is 17.9. The minimum Gasteiger partial charge on any atom is -0.308 e. The van der Waals surface area contributed by atoms with E-state index in [0.29, 0.717) is 12.0 Å². The minimum absolute atomic E-state index is 0.484. The number of aromatic nitrogens is 2. The van der Waals surface area contributed by atoms with Gasteiger partial charge in [0.15, 0.2) is 0 Å². The summed E-state index contributed by atoms with van der Waals surface area (Å²) < 4.78 is 0. The Kier molecular flexibility index (Phi) is 6.68. The fraction of sp³-hybridized carbons (Fsp3) is 0.889. The van der Waals surface area contributed by atoms with Crippen LogP contribution in [-0.2, 0) is 0 Å². The van der Waals surface area contributed by atoms with Crippen LogP contribution >= 0.6 is 11.3 Å². The molecule has 1 aromatic heterocycles. The summed E-state index contributed by atoms with van der Waals surface area (Å²) in [5, 5.41) is 15.2. The highest BCUT2D eigenvalue weighted by Crippen LogP contribution is 2.34. The van der Waals surface area contributed by atoms with Crippen molar-refractivity contribution >= 4 is 11.3 Å². The fourth-order valence-electron chi connectivity index (χ4n) is 3.86. The van der Waals surface area contributed by atoms with Crippen LogP contribution in [0.4, 0.5) is 0 Å². The molecule has 0 amide bonds. The first-order valence-corrected chi connectivity index (χ1v) is 10.3. The zero-order valence-electron chi connectivity index (χ0n) is 13.9. The predicted molar refractivity (Wildman–Crippen MR) is 93.4 cm³/mol. The molecule has 1 aromatic rings. The van der Waals surface area contributed by atoms with Gasteiger partial charge in [-0.1, -0.05) is 69.1 Å². The Morgan fingerprint density at radius 1 is 0.682 bits per heavy atom. The van der Waals surface area contributed by atoms with E-state index in [-0.39, 0.29) is 0 Å². The van der Waals surface area contributed by atoms with Crippen LogP contribution in [0.2, 0.25) is 0 Å². The van der Waals surface area contributed by atoms with Crippen molar-refractivity contribution in [2.45, 2.75) is 95.4 Å². The minimum atomic E-state index is 0.484. The topological polar surface area (TPSA) is 37.8 Å². The van der Waals surface area contributed by atoms with Crippen molar-refractivity contribution in [3.8, 4) is 0 Å². The first-order chi connectivity index (χ1) is 10.9. The van der Waals surface area contributed by atoms with E-state index in [1.54, 1.807) is 0 Å². The van der Waals surface area contributed by atoms with Crippen molar-refractivity contribution in [3.05, 3.63) is 10.0 Å². The average molecular weight is 322 g/mol. The van der Waals surface area contributed by atoms with Crippen LogP contribution in [-0.4, -0.2) is 16.7 Å². The number of hydrogen-bond donors (Lipinski definition) is 1. The molecule has 22 heavy (non-hydrogen) atoms. The first-order valence-electron chi connectivity index (χ1n) is 9.50. The Morgan fingerprint density at radius 2 is 1.27 bits per heavy atom. The zero-order chi connectivity index (χ0) is 15.0. The van der Waals surface area contributed by atoms with Crippen LogP contribution in [0.15, 0.2) is 0 Å². The lowest BCUT2D eigenvalue weighted by molar-refractivity contribution is 0.465. The van der Waals surface area contributed by atoms with E-state index in [1.165, 1.54) is 93.5 Å². The second-order valence-corrected chi connectivity index (χ2v) is 8.12. The van der Waals surface area contributed by atoms with Gasteiger partial charge in [0.05, 0.1) is 6.04 Å². The molecule has 124 valence electrons. The van der Waals surface area contributed by atoms with E-state index >= 15 is 0 Å². The second kappa shape index (κ2) is 8.97. The fourth-order valence-corrected chi connectivity index (χ4v) is 4.98. The van der Waals surface area contributed by atoms with E-state index < -0.39 is 0 Å². The van der Waals surface area contributed by atoms with Crippen molar-refractivity contribution in [1.82, 2.24) is 15.5 Å². The van der Waals surface area contributed by atoms with E-state index in [4.69, 9.17) is 0 Å². The molecule has 3 rings (SSSR count). The van der Waals surface area contributed by atoms with E-state index in [0.717, 1.165) is 6.54 Å². The number of nitrogens with zero attached hydrogens (tertiary/aromatic N) is 2. The molecule has 0 spiro atoms. The van der Waals surface area contributed by atoms with E-state index in [1.807, 2.05) is 11.3 Å². The molecule has 0 bridgehead atoms. The van der Waals surface area contributed by atoms with Gasteiger partial charge < -0.3 is 5.32 Å². The number of nitrogens with one attached hydrogen (secondary N) is 1. The normalized spacial score (nSPS) is 26.5. The second-order valence-electron chi connectivity index (χ2n) is 7.08. The largest absolute Gasteiger partial charge is 0.308 e. The van der Waals surface area contributed by atoms with Gasteiger partial charge in [-0.05, 0) is 32.2 Å². The SMILES string of the molecule is C1CCCCCC(c2nnc([C@@H]3CCCN3)s2)CCCCC1. The summed E-state index contributed by atoms with van der Waals surface area (Å²) >= 11 is 1.89. The molecule has 0 radical (unpaired) electrons. The third-order valence-electron chi connectivity index (χ3n) is 5.27. The van der Waals surface area contributed by atoms with Crippen molar-refractivity contribution in [1.29, 1.82) is 0 Å². The van der Waals surface area contributed by atoms with E-state index in [9.17, 15) is 0 Å². The summed E-state index contributed by atoms with van der Waals surface area (Å²) in [5.41, 5.74) is 0.